The molecule has 0 spiro atoms. The highest BCUT2D eigenvalue weighted by Gasteiger charge is 2.23. The summed E-state index contributed by atoms with van der Waals surface area (Å²) in [5.41, 5.74) is 1.34. The molecule has 1 aliphatic rings. The first kappa shape index (κ1) is 17.5. The highest BCUT2D eigenvalue weighted by Crippen LogP contribution is 2.20. The summed E-state index contributed by atoms with van der Waals surface area (Å²) >= 11 is 0. The third-order valence-corrected chi connectivity index (χ3v) is 4.13. The van der Waals surface area contributed by atoms with Crippen LogP contribution >= 0.6 is 0 Å². The maximum absolute atomic E-state index is 12.2. The lowest BCUT2D eigenvalue weighted by atomic mass is 9.92. The second kappa shape index (κ2) is 7.59. The number of benzene rings is 1. The number of hydrogen-bond donors (Lipinski definition) is 1. The van der Waals surface area contributed by atoms with Gasteiger partial charge in [-0.2, -0.15) is 0 Å². The van der Waals surface area contributed by atoms with Gasteiger partial charge in [-0.1, -0.05) is 13.8 Å². The topological polar surface area (TPSA) is 52.7 Å². The van der Waals surface area contributed by atoms with Crippen LogP contribution in [0.3, 0.4) is 0 Å². The Hall–Kier alpha value is -1.88. The van der Waals surface area contributed by atoms with Gasteiger partial charge in [-0.3, -0.25) is 14.5 Å². The zero-order valence-electron chi connectivity index (χ0n) is 14.5. The van der Waals surface area contributed by atoms with Crippen molar-refractivity contribution >= 4 is 17.5 Å². The van der Waals surface area contributed by atoms with Crippen LogP contribution in [0.2, 0.25) is 0 Å². The van der Waals surface area contributed by atoms with Gasteiger partial charge in [-0.25, -0.2) is 0 Å². The van der Waals surface area contributed by atoms with Crippen molar-refractivity contribution in [3.8, 4) is 0 Å². The quantitative estimate of drug-likeness (QED) is 0.927. The molecule has 1 N–H and O–H groups in total. The number of nitrogens with zero attached hydrogens (tertiary/aromatic N) is 2. The Morgan fingerprint density at radius 1 is 1.13 bits per heavy atom. The Morgan fingerprint density at radius 3 is 2.22 bits per heavy atom. The Balaban J connectivity index is 1.89. The number of carbonyl (C=O) groups is 2. The number of rotatable bonds is 4. The van der Waals surface area contributed by atoms with Gasteiger partial charge in [0.1, 0.15) is 0 Å². The molecule has 1 saturated heterocycles. The predicted molar refractivity (Wildman–Crippen MR) is 92.5 cm³/mol. The van der Waals surface area contributed by atoms with E-state index in [1.165, 1.54) is 11.3 Å². The molecule has 1 aliphatic heterocycles. The summed E-state index contributed by atoms with van der Waals surface area (Å²) in [7, 11) is 3.44. The van der Waals surface area contributed by atoms with Gasteiger partial charge in [-0.05, 0) is 42.5 Å². The molecule has 1 heterocycles. The molecular formula is C18H27N3O2. The molecule has 0 saturated carbocycles. The summed E-state index contributed by atoms with van der Waals surface area (Å²) in [6.07, 6.45) is 1.24. The van der Waals surface area contributed by atoms with Gasteiger partial charge in [0.2, 0.25) is 5.91 Å². The lowest BCUT2D eigenvalue weighted by molar-refractivity contribution is -0.117. The molecule has 1 aromatic rings. The van der Waals surface area contributed by atoms with E-state index in [1.54, 1.807) is 38.4 Å². The molecule has 126 valence electrons. The van der Waals surface area contributed by atoms with E-state index in [1.807, 2.05) is 0 Å². The molecule has 2 amide bonds. The van der Waals surface area contributed by atoms with Gasteiger partial charge in [0.15, 0.2) is 0 Å². The fraction of sp³-hybridized carbons (Fsp3) is 0.556. The van der Waals surface area contributed by atoms with Crippen molar-refractivity contribution in [2.45, 2.75) is 20.3 Å². The Labute approximate surface area is 138 Å². The van der Waals surface area contributed by atoms with E-state index < -0.39 is 0 Å². The summed E-state index contributed by atoms with van der Waals surface area (Å²) < 4.78 is 0. The number of nitrogens with one attached hydrogen (secondary N) is 1. The molecular weight excluding hydrogens is 290 g/mol. The summed E-state index contributed by atoms with van der Waals surface area (Å²) in [4.78, 5) is 27.8. The largest absolute Gasteiger partial charge is 0.345 e. The maximum atomic E-state index is 12.2. The molecule has 5 heteroatoms. The van der Waals surface area contributed by atoms with Crippen molar-refractivity contribution in [1.82, 2.24) is 9.80 Å². The van der Waals surface area contributed by atoms with Crippen molar-refractivity contribution in [3.63, 3.8) is 0 Å². The Morgan fingerprint density at radius 2 is 1.70 bits per heavy atom. The monoisotopic (exact) mass is 317 g/mol. The first-order chi connectivity index (χ1) is 10.8. The smallest absolute Gasteiger partial charge is 0.253 e. The maximum Gasteiger partial charge on any atom is 0.253 e. The lowest BCUT2D eigenvalue weighted by Gasteiger charge is -2.34. The summed E-state index contributed by atoms with van der Waals surface area (Å²) in [5, 5.41) is 2.91. The zero-order valence-corrected chi connectivity index (χ0v) is 14.5. The van der Waals surface area contributed by atoms with Gasteiger partial charge < -0.3 is 10.2 Å². The molecule has 0 aromatic heterocycles. The van der Waals surface area contributed by atoms with Crippen molar-refractivity contribution in [1.29, 1.82) is 0 Å². The van der Waals surface area contributed by atoms with Gasteiger partial charge in [-0.15, -0.1) is 0 Å². The first-order valence-corrected chi connectivity index (χ1v) is 8.19. The van der Waals surface area contributed by atoms with Gasteiger partial charge in [0.05, 0.1) is 6.54 Å². The lowest BCUT2D eigenvalue weighted by Crippen LogP contribution is -2.42. The molecule has 5 nitrogen and oxygen atoms in total. The molecule has 1 fully saturated rings. The van der Waals surface area contributed by atoms with Crippen molar-refractivity contribution in [3.05, 3.63) is 29.8 Å². The van der Waals surface area contributed by atoms with E-state index in [4.69, 9.17) is 0 Å². The summed E-state index contributed by atoms with van der Waals surface area (Å²) in [6, 6.07) is 7.03. The fourth-order valence-electron chi connectivity index (χ4n) is 3.28. The van der Waals surface area contributed by atoms with Crippen molar-refractivity contribution < 1.29 is 9.59 Å². The first-order valence-electron chi connectivity index (χ1n) is 8.19. The number of likely N-dealkylation sites (tertiary alicyclic amines) is 1. The third-order valence-electron chi connectivity index (χ3n) is 4.13. The van der Waals surface area contributed by atoms with Crippen LogP contribution in [0.25, 0.3) is 0 Å². The summed E-state index contributed by atoms with van der Waals surface area (Å²) in [5.74, 6) is 1.24. The number of anilines is 1. The van der Waals surface area contributed by atoms with E-state index in [9.17, 15) is 9.59 Å². The SMILES string of the molecule is C[C@@H]1C[C@@H](C)CN(CC(=O)Nc2ccc(C(=O)N(C)C)cc2)C1. The second-order valence-electron chi connectivity index (χ2n) is 6.97. The molecule has 2 atom stereocenters. The highest BCUT2D eigenvalue weighted by atomic mass is 16.2. The third kappa shape index (κ3) is 5.06. The van der Waals surface area contributed by atoms with Crippen molar-refractivity contribution in [2.24, 2.45) is 11.8 Å². The molecule has 0 radical (unpaired) electrons. The second-order valence-corrected chi connectivity index (χ2v) is 6.97. The minimum atomic E-state index is -0.0424. The average molecular weight is 317 g/mol. The standard InChI is InChI=1S/C18H27N3O2/c1-13-9-14(2)11-21(10-13)12-17(22)19-16-7-5-15(6-8-16)18(23)20(3)4/h5-8,13-14H,9-12H2,1-4H3,(H,19,22)/t13-,14-/m1/s1. The normalized spacial score (nSPS) is 21.7. The van der Waals surface area contributed by atoms with Gasteiger partial charge >= 0.3 is 0 Å². The van der Waals surface area contributed by atoms with Crippen LogP contribution in [0.5, 0.6) is 0 Å². The highest BCUT2D eigenvalue weighted by molar-refractivity contribution is 5.96. The van der Waals surface area contributed by atoms with Crippen LogP contribution in [-0.2, 0) is 4.79 Å². The van der Waals surface area contributed by atoms with Crippen molar-refractivity contribution in [2.75, 3.05) is 39.0 Å². The van der Waals surface area contributed by atoms with E-state index in [-0.39, 0.29) is 11.8 Å². The molecule has 1 aromatic carbocycles. The van der Waals surface area contributed by atoms with E-state index >= 15 is 0 Å². The van der Waals surface area contributed by atoms with Crippen LogP contribution in [0.1, 0.15) is 30.6 Å². The van der Waals surface area contributed by atoms with Crippen LogP contribution in [0.4, 0.5) is 5.69 Å². The number of hydrogen-bond acceptors (Lipinski definition) is 3. The average Bonchev–Trinajstić information content (AvgIpc) is 2.45. The molecule has 23 heavy (non-hydrogen) atoms. The Kier molecular flexibility index (Phi) is 5.77. The molecule has 0 bridgehead atoms. The van der Waals surface area contributed by atoms with Crippen LogP contribution < -0.4 is 5.32 Å². The number of amides is 2. The van der Waals surface area contributed by atoms with E-state index in [0.717, 1.165) is 18.8 Å². The van der Waals surface area contributed by atoms with Gasteiger partial charge in [0.25, 0.3) is 5.91 Å². The minimum Gasteiger partial charge on any atom is -0.345 e. The van der Waals surface area contributed by atoms with E-state index in [2.05, 4.69) is 24.1 Å². The molecule has 0 unspecified atom stereocenters. The number of piperidine rings is 1. The molecule has 0 aliphatic carbocycles. The van der Waals surface area contributed by atoms with Crippen LogP contribution in [0.15, 0.2) is 24.3 Å². The minimum absolute atomic E-state index is 0.00186. The molecule has 2 rings (SSSR count). The van der Waals surface area contributed by atoms with Gasteiger partial charge in [0, 0.05) is 38.4 Å². The van der Waals surface area contributed by atoms with E-state index in [0.29, 0.717) is 23.9 Å². The zero-order chi connectivity index (χ0) is 17.0. The fourth-order valence-corrected chi connectivity index (χ4v) is 3.28. The Bertz CT molecular complexity index is 544. The van der Waals surface area contributed by atoms with Crippen LogP contribution in [-0.4, -0.2) is 55.3 Å². The number of carbonyl (C=O) groups excluding carboxylic acids is 2. The summed E-state index contributed by atoms with van der Waals surface area (Å²) in [6.45, 7) is 6.86. The van der Waals surface area contributed by atoms with Crippen LogP contribution in [0, 0.1) is 11.8 Å². The predicted octanol–water partition coefficient (Wildman–Crippen LogP) is 2.30.